The number of hydrogen-bond donors (Lipinski definition) is 2. The number of aliphatic hydroxyl groups excluding tert-OH is 1. The summed E-state index contributed by atoms with van der Waals surface area (Å²) in [6.07, 6.45) is 0.780. The zero-order valence-electron chi connectivity index (χ0n) is 20.1. The molecule has 1 aliphatic carbocycles. The Bertz CT molecular complexity index is 1170. The number of carbonyl (C=O) groups excluding carboxylic acids is 3. The highest BCUT2D eigenvalue weighted by Gasteiger charge is 2.41. The summed E-state index contributed by atoms with van der Waals surface area (Å²) in [5, 5.41) is 12.9. The van der Waals surface area contributed by atoms with Crippen LogP contribution in [0.15, 0.2) is 42.5 Å². The fourth-order valence-electron chi connectivity index (χ4n) is 4.96. The summed E-state index contributed by atoms with van der Waals surface area (Å²) in [5.41, 5.74) is 2.89. The van der Waals surface area contributed by atoms with Crippen molar-refractivity contribution in [2.75, 3.05) is 19.7 Å². The van der Waals surface area contributed by atoms with Gasteiger partial charge in [-0.05, 0) is 61.6 Å². The van der Waals surface area contributed by atoms with Crippen LogP contribution in [0.25, 0.3) is 0 Å². The number of nitrogens with one attached hydrogen (secondary N) is 1. The van der Waals surface area contributed by atoms with E-state index in [1.54, 1.807) is 12.1 Å². The van der Waals surface area contributed by atoms with Gasteiger partial charge in [0.1, 0.15) is 18.8 Å². The largest absolute Gasteiger partial charge is 0.486 e. The van der Waals surface area contributed by atoms with Crippen molar-refractivity contribution < 1.29 is 33.7 Å². The van der Waals surface area contributed by atoms with E-state index in [0.29, 0.717) is 17.1 Å². The average Bonchev–Trinajstić information content (AvgIpc) is 3.52. The van der Waals surface area contributed by atoms with E-state index in [1.165, 1.54) is 17.4 Å². The number of ether oxygens (including phenoxy) is 3. The third-order valence-electron chi connectivity index (χ3n) is 6.89. The standard InChI is InChI=1S/C27H30N2O7/c1-16(25(31)28-13-21-15-34-23-7-2-3-8-24(23)36-21)35-27(33)22-12-20(30)14-29(22)26(32)19-10-9-17-5-4-6-18(17)11-19/h2-3,7-11,16,20-22,30H,4-6,12-15H2,1H3,(H,28,31). The van der Waals surface area contributed by atoms with Gasteiger partial charge in [0.2, 0.25) is 0 Å². The molecule has 0 bridgehead atoms. The zero-order valence-corrected chi connectivity index (χ0v) is 20.1. The van der Waals surface area contributed by atoms with Crippen LogP contribution in [0, 0.1) is 0 Å². The van der Waals surface area contributed by atoms with Crippen LogP contribution in [0.3, 0.4) is 0 Å². The molecule has 3 aliphatic rings. The fourth-order valence-corrected chi connectivity index (χ4v) is 4.96. The molecule has 9 heteroatoms. The molecule has 0 aromatic heterocycles. The highest BCUT2D eigenvalue weighted by atomic mass is 16.6. The first-order valence-corrected chi connectivity index (χ1v) is 12.4. The SMILES string of the molecule is CC(OC(=O)C1CC(O)CN1C(=O)c1ccc2c(c1)CCC2)C(=O)NCC1COc2ccccc2O1. The van der Waals surface area contributed by atoms with Gasteiger partial charge < -0.3 is 29.5 Å². The summed E-state index contributed by atoms with van der Waals surface area (Å²) >= 11 is 0. The predicted molar refractivity (Wildman–Crippen MR) is 129 cm³/mol. The number of hydrogen-bond acceptors (Lipinski definition) is 7. The van der Waals surface area contributed by atoms with Crippen LogP contribution in [0.2, 0.25) is 0 Å². The van der Waals surface area contributed by atoms with Gasteiger partial charge in [0.05, 0.1) is 12.6 Å². The molecule has 190 valence electrons. The second-order valence-corrected chi connectivity index (χ2v) is 9.52. The normalized spacial score (nSPS) is 23.1. The Balaban J connectivity index is 1.16. The van der Waals surface area contributed by atoms with Crippen LogP contribution in [0.1, 0.15) is 41.3 Å². The van der Waals surface area contributed by atoms with Gasteiger partial charge in [0, 0.05) is 18.5 Å². The maximum absolute atomic E-state index is 13.2. The number of aliphatic hydroxyl groups is 1. The summed E-state index contributed by atoms with van der Waals surface area (Å²) in [6, 6.07) is 11.9. The van der Waals surface area contributed by atoms with Crippen molar-refractivity contribution >= 4 is 17.8 Å². The molecule has 1 fully saturated rings. The minimum Gasteiger partial charge on any atom is -0.486 e. The molecule has 2 aromatic rings. The number of fused-ring (bicyclic) bond motifs is 2. The Hall–Kier alpha value is -3.59. The number of rotatable bonds is 6. The maximum Gasteiger partial charge on any atom is 0.329 e. The van der Waals surface area contributed by atoms with Crippen LogP contribution >= 0.6 is 0 Å². The van der Waals surface area contributed by atoms with Gasteiger partial charge >= 0.3 is 5.97 Å². The highest BCUT2D eigenvalue weighted by Crippen LogP contribution is 2.31. The van der Waals surface area contributed by atoms with Crippen molar-refractivity contribution in [1.29, 1.82) is 0 Å². The Morgan fingerprint density at radius 1 is 1.14 bits per heavy atom. The molecule has 0 spiro atoms. The second-order valence-electron chi connectivity index (χ2n) is 9.52. The minimum atomic E-state index is -1.08. The van der Waals surface area contributed by atoms with E-state index in [9.17, 15) is 19.5 Å². The molecule has 9 nitrogen and oxygen atoms in total. The number of para-hydroxylation sites is 2. The van der Waals surface area contributed by atoms with E-state index in [2.05, 4.69) is 5.32 Å². The Kier molecular flexibility index (Phi) is 6.82. The van der Waals surface area contributed by atoms with Gasteiger partial charge in [0.15, 0.2) is 17.6 Å². The molecular weight excluding hydrogens is 464 g/mol. The lowest BCUT2D eigenvalue weighted by Gasteiger charge is -2.27. The third-order valence-corrected chi connectivity index (χ3v) is 6.89. The van der Waals surface area contributed by atoms with Crippen molar-refractivity contribution in [2.24, 2.45) is 0 Å². The first-order valence-electron chi connectivity index (χ1n) is 12.4. The molecule has 5 rings (SSSR count). The van der Waals surface area contributed by atoms with Crippen LogP contribution in [-0.2, 0) is 27.2 Å². The summed E-state index contributed by atoms with van der Waals surface area (Å²) in [5.74, 6) is -0.263. The van der Waals surface area contributed by atoms with E-state index < -0.39 is 30.1 Å². The Morgan fingerprint density at radius 3 is 2.75 bits per heavy atom. The second kappa shape index (κ2) is 10.2. The number of carbonyl (C=O) groups is 3. The first kappa shape index (κ1) is 24.1. The molecule has 0 radical (unpaired) electrons. The monoisotopic (exact) mass is 494 g/mol. The van der Waals surface area contributed by atoms with Gasteiger partial charge in [-0.1, -0.05) is 18.2 Å². The molecule has 2 aliphatic heterocycles. The van der Waals surface area contributed by atoms with Gasteiger partial charge in [-0.2, -0.15) is 0 Å². The predicted octanol–water partition coefficient (Wildman–Crippen LogP) is 1.64. The van der Waals surface area contributed by atoms with Crippen molar-refractivity contribution in [3.63, 3.8) is 0 Å². The van der Waals surface area contributed by atoms with Crippen molar-refractivity contribution in [2.45, 2.75) is 57.0 Å². The lowest BCUT2D eigenvalue weighted by atomic mass is 10.1. The third kappa shape index (κ3) is 5.02. The molecule has 0 saturated carbocycles. The molecule has 36 heavy (non-hydrogen) atoms. The van der Waals surface area contributed by atoms with Gasteiger partial charge in [0.25, 0.3) is 11.8 Å². The summed E-state index contributed by atoms with van der Waals surface area (Å²) in [6.45, 7) is 1.97. The fraction of sp³-hybridized carbons (Fsp3) is 0.444. The van der Waals surface area contributed by atoms with Crippen molar-refractivity contribution in [3.05, 3.63) is 59.2 Å². The molecule has 2 aromatic carbocycles. The van der Waals surface area contributed by atoms with E-state index in [0.717, 1.165) is 24.8 Å². The minimum absolute atomic E-state index is 0.0384. The Morgan fingerprint density at radius 2 is 1.92 bits per heavy atom. The molecule has 2 amide bonds. The van der Waals surface area contributed by atoms with Crippen molar-refractivity contribution in [1.82, 2.24) is 10.2 Å². The number of likely N-dealkylation sites (tertiary alicyclic amines) is 1. The van der Waals surface area contributed by atoms with Gasteiger partial charge in [-0.3, -0.25) is 9.59 Å². The first-order chi connectivity index (χ1) is 17.4. The zero-order chi connectivity index (χ0) is 25.2. The quantitative estimate of drug-likeness (QED) is 0.587. The van der Waals surface area contributed by atoms with E-state index in [1.807, 2.05) is 30.3 Å². The number of esters is 1. The summed E-state index contributed by atoms with van der Waals surface area (Å²) < 4.78 is 16.9. The average molecular weight is 495 g/mol. The number of amides is 2. The molecular formula is C27H30N2O7. The van der Waals surface area contributed by atoms with Crippen LogP contribution in [0.5, 0.6) is 11.5 Å². The van der Waals surface area contributed by atoms with Crippen LogP contribution < -0.4 is 14.8 Å². The van der Waals surface area contributed by atoms with Crippen molar-refractivity contribution in [3.8, 4) is 11.5 Å². The highest BCUT2D eigenvalue weighted by molar-refractivity contribution is 5.98. The lowest BCUT2D eigenvalue weighted by Crippen LogP contribution is -2.46. The maximum atomic E-state index is 13.2. The van der Waals surface area contributed by atoms with Crippen LogP contribution in [-0.4, -0.2) is 71.8 Å². The number of nitrogens with zero attached hydrogens (tertiary/aromatic N) is 1. The molecule has 2 heterocycles. The summed E-state index contributed by atoms with van der Waals surface area (Å²) in [4.78, 5) is 40.0. The number of aryl methyl sites for hydroxylation is 2. The molecule has 4 unspecified atom stereocenters. The van der Waals surface area contributed by atoms with Gasteiger partial charge in [-0.25, -0.2) is 4.79 Å². The van der Waals surface area contributed by atoms with E-state index >= 15 is 0 Å². The van der Waals surface area contributed by atoms with Gasteiger partial charge in [-0.15, -0.1) is 0 Å². The van der Waals surface area contributed by atoms with E-state index in [-0.39, 0.29) is 38.1 Å². The van der Waals surface area contributed by atoms with Crippen LogP contribution in [0.4, 0.5) is 0 Å². The molecule has 1 saturated heterocycles. The molecule has 2 N–H and O–H groups in total. The van der Waals surface area contributed by atoms with E-state index in [4.69, 9.17) is 14.2 Å². The molecule has 4 atom stereocenters. The number of β-amino-alcohol motifs (C(OH)–C–C–N with tert-alkyl or cyclic N) is 1. The summed E-state index contributed by atoms with van der Waals surface area (Å²) in [7, 11) is 0. The topological polar surface area (TPSA) is 114 Å². The lowest BCUT2D eigenvalue weighted by molar-refractivity contribution is -0.158. The number of benzene rings is 2. The Labute approximate surface area is 209 Å². The smallest absolute Gasteiger partial charge is 0.329 e.